The van der Waals surface area contributed by atoms with Gasteiger partial charge in [0.1, 0.15) is 6.10 Å². The van der Waals surface area contributed by atoms with Gasteiger partial charge in [0.2, 0.25) is 5.91 Å². The highest BCUT2D eigenvalue weighted by atomic mass is 16.5. The second-order valence-electron chi connectivity index (χ2n) is 17.6. The normalized spacial score (nSPS) is 13.5. The molecule has 3 N–H and O–H groups in total. The molecule has 346 valence electrons. The van der Waals surface area contributed by atoms with Crippen molar-refractivity contribution >= 4 is 11.9 Å². The van der Waals surface area contributed by atoms with Crippen LogP contribution in [-0.2, 0) is 14.3 Å². The molecule has 0 aromatic rings. The summed E-state index contributed by atoms with van der Waals surface area (Å²) in [6, 6.07) is -0.708. The van der Waals surface area contributed by atoms with E-state index in [2.05, 4.69) is 56.5 Å². The fourth-order valence-corrected chi connectivity index (χ4v) is 7.90. The van der Waals surface area contributed by atoms with Gasteiger partial charge >= 0.3 is 5.97 Å². The number of nitrogens with one attached hydrogen (secondary N) is 1. The number of unbranched alkanes of at least 4 members (excludes halogenated alkanes) is 30. The van der Waals surface area contributed by atoms with Crippen LogP contribution in [0.5, 0.6) is 0 Å². The van der Waals surface area contributed by atoms with Gasteiger partial charge in [-0.1, -0.05) is 243 Å². The second-order valence-corrected chi connectivity index (χ2v) is 17.6. The molecular formula is C53H99NO5. The van der Waals surface area contributed by atoms with Crippen molar-refractivity contribution in [1.82, 2.24) is 5.32 Å². The average molecular weight is 830 g/mol. The summed E-state index contributed by atoms with van der Waals surface area (Å²) in [6.07, 6.45) is 55.0. The third-order valence-corrected chi connectivity index (χ3v) is 11.8. The fraction of sp³-hybridized carbons (Fsp3) is 0.849. The first-order valence-electron chi connectivity index (χ1n) is 25.7. The highest BCUT2D eigenvalue weighted by Gasteiger charge is 2.24. The van der Waals surface area contributed by atoms with Crippen molar-refractivity contribution in [2.24, 2.45) is 0 Å². The Labute approximate surface area is 366 Å². The van der Waals surface area contributed by atoms with Crippen LogP contribution in [0.3, 0.4) is 0 Å². The van der Waals surface area contributed by atoms with E-state index in [1.165, 1.54) is 148 Å². The summed E-state index contributed by atoms with van der Waals surface area (Å²) < 4.78 is 5.91. The summed E-state index contributed by atoms with van der Waals surface area (Å²) >= 11 is 0. The van der Waals surface area contributed by atoms with E-state index in [1.54, 1.807) is 0 Å². The van der Waals surface area contributed by atoms with Crippen LogP contribution in [0.25, 0.3) is 0 Å². The molecule has 0 saturated heterocycles. The highest BCUT2D eigenvalue weighted by Crippen LogP contribution is 2.18. The van der Waals surface area contributed by atoms with Crippen molar-refractivity contribution in [3.05, 3.63) is 36.5 Å². The summed E-state index contributed by atoms with van der Waals surface area (Å²) in [7, 11) is 0. The lowest BCUT2D eigenvalue weighted by molar-refractivity contribution is -0.151. The molecule has 0 bridgehead atoms. The largest absolute Gasteiger partial charge is 0.462 e. The summed E-state index contributed by atoms with van der Waals surface area (Å²) in [6.45, 7) is 6.34. The molecule has 0 saturated carbocycles. The van der Waals surface area contributed by atoms with Crippen LogP contribution in [0.1, 0.15) is 265 Å². The van der Waals surface area contributed by atoms with E-state index in [4.69, 9.17) is 4.74 Å². The van der Waals surface area contributed by atoms with Crippen molar-refractivity contribution < 1.29 is 24.5 Å². The van der Waals surface area contributed by atoms with Gasteiger partial charge in [-0.2, -0.15) is 0 Å². The molecule has 3 atom stereocenters. The first-order valence-corrected chi connectivity index (χ1v) is 25.7. The molecule has 0 aliphatic heterocycles. The van der Waals surface area contributed by atoms with E-state index in [9.17, 15) is 19.8 Å². The smallest absolute Gasteiger partial charge is 0.306 e. The molecule has 0 spiro atoms. The first kappa shape index (κ1) is 57.1. The topological polar surface area (TPSA) is 95.9 Å². The molecular weight excluding hydrogens is 731 g/mol. The maximum Gasteiger partial charge on any atom is 0.306 e. The Morgan fingerprint density at radius 1 is 0.508 bits per heavy atom. The van der Waals surface area contributed by atoms with E-state index in [1.807, 2.05) is 6.08 Å². The average Bonchev–Trinajstić information content (AvgIpc) is 3.23. The Morgan fingerprint density at radius 3 is 1.37 bits per heavy atom. The molecule has 0 aromatic carbocycles. The van der Waals surface area contributed by atoms with E-state index < -0.39 is 18.2 Å². The number of hydrogen-bond donors (Lipinski definition) is 3. The molecule has 0 aliphatic rings. The molecule has 3 unspecified atom stereocenters. The van der Waals surface area contributed by atoms with Crippen LogP contribution < -0.4 is 5.32 Å². The Bertz CT molecular complexity index is 977. The second kappa shape index (κ2) is 47.1. The minimum Gasteiger partial charge on any atom is -0.462 e. The fourth-order valence-electron chi connectivity index (χ4n) is 7.90. The van der Waals surface area contributed by atoms with Crippen molar-refractivity contribution in [3.8, 4) is 0 Å². The van der Waals surface area contributed by atoms with Crippen molar-refractivity contribution in [3.63, 3.8) is 0 Å². The lowest BCUT2D eigenvalue weighted by atomic mass is 10.0. The first-order chi connectivity index (χ1) is 29.0. The van der Waals surface area contributed by atoms with E-state index in [0.717, 1.165) is 70.6 Å². The lowest BCUT2D eigenvalue weighted by Crippen LogP contribution is -2.46. The van der Waals surface area contributed by atoms with Gasteiger partial charge in [0.25, 0.3) is 0 Å². The number of carbonyl (C=O) groups excluding carboxylic acids is 2. The number of aliphatic hydroxyl groups is 2. The van der Waals surface area contributed by atoms with Gasteiger partial charge in [-0.3, -0.25) is 9.59 Å². The Hall–Kier alpha value is -1.92. The summed E-state index contributed by atoms with van der Waals surface area (Å²) in [5, 5.41) is 23.7. The number of allylic oxidation sites excluding steroid dienone is 6. The zero-order valence-corrected chi connectivity index (χ0v) is 39.4. The van der Waals surface area contributed by atoms with Crippen LogP contribution in [-0.4, -0.2) is 46.9 Å². The molecule has 0 fully saturated rings. The molecule has 59 heavy (non-hydrogen) atoms. The van der Waals surface area contributed by atoms with Crippen molar-refractivity contribution in [1.29, 1.82) is 0 Å². The number of rotatable bonds is 46. The SMILES string of the molecule is CC/C=C/C=C/C=C\CCCCCC(CC(=O)NC(CO)C(O)CCCCCCCCCCCCC)OC(=O)CCCCCCCCCCCCCCCCCCCC. The van der Waals surface area contributed by atoms with Crippen LogP contribution in [0.2, 0.25) is 0 Å². The molecule has 0 radical (unpaired) electrons. The van der Waals surface area contributed by atoms with Crippen molar-refractivity contribution in [2.75, 3.05) is 6.61 Å². The third kappa shape index (κ3) is 42.6. The van der Waals surface area contributed by atoms with Gasteiger partial charge in [0.15, 0.2) is 0 Å². The molecule has 0 rings (SSSR count). The highest BCUT2D eigenvalue weighted by molar-refractivity contribution is 5.77. The zero-order chi connectivity index (χ0) is 43.1. The number of amides is 1. The molecule has 0 aliphatic carbocycles. The van der Waals surface area contributed by atoms with Crippen LogP contribution >= 0.6 is 0 Å². The summed E-state index contributed by atoms with van der Waals surface area (Å²) in [5.74, 6) is -0.499. The maximum absolute atomic E-state index is 13.2. The number of ether oxygens (including phenoxy) is 1. The molecule has 6 nitrogen and oxygen atoms in total. The molecule has 0 heterocycles. The third-order valence-electron chi connectivity index (χ3n) is 11.8. The van der Waals surface area contributed by atoms with E-state index >= 15 is 0 Å². The number of carbonyl (C=O) groups is 2. The van der Waals surface area contributed by atoms with Crippen LogP contribution in [0.4, 0.5) is 0 Å². The van der Waals surface area contributed by atoms with Gasteiger partial charge in [0.05, 0.1) is 25.2 Å². The predicted molar refractivity (Wildman–Crippen MR) is 255 cm³/mol. The van der Waals surface area contributed by atoms with Crippen LogP contribution in [0.15, 0.2) is 36.5 Å². The Morgan fingerprint density at radius 2 is 0.915 bits per heavy atom. The number of esters is 1. The van der Waals surface area contributed by atoms with Gasteiger partial charge < -0.3 is 20.3 Å². The monoisotopic (exact) mass is 830 g/mol. The predicted octanol–water partition coefficient (Wildman–Crippen LogP) is 15.3. The van der Waals surface area contributed by atoms with E-state index in [0.29, 0.717) is 19.3 Å². The quantitative estimate of drug-likeness (QED) is 0.0323. The summed E-state index contributed by atoms with van der Waals surface area (Å²) in [4.78, 5) is 26.1. The van der Waals surface area contributed by atoms with Gasteiger partial charge in [-0.05, 0) is 44.9 Å². The van der Waals surface area contributed by atoms with E-state index in [-0.39, 0.29) is 24.9 Å². The minimum atomic E-state index is -0.793. The lowest BCUT2D eigenvalue weighted by Gasteiger charge is -2.24. The molecule has 6 heteroatoms. The number of aliphatic hydroxyl groups excluding tert-OH is 2. The van der Waals surface area contributed by atoms with Gasteiger partial charge in [0, 0.05) is 6.42 Å². The zero-order valence-electron chi connectivity index (χ0n) is 39.4. The molecule has 0 aromatic heterocycles. The van der Waals surface area contributed by atoms with Gasteiger partial charge in [-0.15, -0.1) is 0 Å². The minimum absolute atomic E-state index is 0.0580. The standard InChI is InChI=1S/C53H99NO5/c1-4-7-10-13-16-19-22-23-24-25-26-27-28-31-34-37-40-43-46-53(58)59-49(44-41-38-35-32-29-20-17-14-11-8-5-2)47-52(57)54-50(48-55)51(56)45-42-39-36-33-30-21-18-15-12-9-6-3/h8,11,14,17,20,29,49-51,55-56H,4-7,9-10,12-13,15-16,18-19,21-28,30-48H2,1-3H3,(H,54,57)/b11-8+,17-14+,29-20-. The van der Waals surface area contributed by atoms with Crippen molar-refractivity contribution in [2.45, 2.75) is 283 Å². The number of hydrogen-bond acceptors (Lipinski definition) is 5. The Balaban J connectivity index is 4.49. The summed E-state index contributed by atoms with van der Waals surface area (Å²) in [5.41, 5.74) is 0. The van der Waals surface area contributed by atoms with Gasteiger partial charge in [-0.25, -0.2) is 0 Å². The molecule has 1 amide bonds. The maximum atomic E-state index is 13.2. The van der Waals surface area contributed by atoms with Crippen LogP contribution in [0, 0.1) is 0 Å². The Kier molecular flexibility index (Phi) is 45.6.